The van der Waals surface area contributed by atoms with E-state index in [1.165, 1.54) is 25.1 Å². The van der Waals surface area contributed by atoms with E-state index >= 15 is 0 Å². The Balaban J connectivity index is 1.61. The summed E-state index contributed by atoms with van der Waals surface area (Å²) in [6.07, 6.45) is 4.93. The third kappa shape index (κ3) is 1.28. The Hall–Kier alpha value is -0.800. The van der Waals surface area contributed by atoms with Gasteiger partial charge in [-0.2, -0.15) is 0 Å². The molecule has 1 aromatic heterocycles. The van der Waals surface area contributed by atoms with E-state index in [4.69, 9.17) is 10.2 Å². The topological polar surface area (TPSA) is 42.4 Å². The summed E-state index contributed by atoms with van der Waals surface area (Å²) < 4.78 is 5.06. The Kier molecular flexibility index (Phi) is 1.89. The maximum atomic E-state index is 6.02. The van der Waals surface area contributed by atoms with Gasteiger partial charge >= 0.3 is 0 Å². The zero-order chi connectivity index (χ0) is 9.54. The van der Waals surface area contributed by atoms with Gasteiger partial charge in [-0.15, -0.1) is 0 Å². The molecule has 3 heterocycles. The van der Waals surface area contributed by atoms with Crippen molar-refractivity contribution >= 4 is 0 Å². The first kappa shape index (κ1) is 8.50. The van der Waals surface area contributed by atoms with Gasteiger partial charge in [0.1, 0.15) is 0 Å². The number of nitrogens with two attached hydrogens (primary N) is 1. The Labute approximate surface area is 83.9 Å². The predicted octanol–water partition coefficient (Wildman–Crippen LogP) is 1.06. The normalized spacial score (nSPS) is 36.8. The van der Waals surface area contributed by atoms with E-state index in [0.29, 0.717) is 6.04 Å². The second kappa shape index (κ2) is 3.11. The van der Waals surface area contributed by atoms with Crippen molar-refractivity contribution in [3.05, 3.63) is 24.2 Å². The Morgan fingerprint density at radius 1 is 1.43 bits per heavy atom. The van der Waals surface area contributed by atoms with Crippen LogP contribution in [0, 0.1) is 11.8 Å². The van der Waals surface area contributed by atoms with E-state index in [1.807, 2.05) is 12.3 Å². The van der Waals surface area contributed by atoms with Gasteiger partial charge in [-0.1, -0.05) is 0 Å². The first-order valence-corrected chi connectivity index (χ1v) is 5.32. The summed E-state index contributed by atoms with van der Waals surface area (Å²) in [5.74, 6) is 1.50. The zero-order valence-corrected chi connectivity index (χ0v) is 8.23. The van der Waals surface area contributed by atoms with Gasteiger partial charge in [-0.3, -0.25) is 4.90 Å². The van der Waals surface area contributed by atoms with Gasteiger partial charge in [-0.25, -0.2) is 0 Å². The van der Waals surface area contributed by atoms with Crippen molar-refractivity contribution in [2.75, 3.05) is 13.1 Å². The summed E-state index contributed by atoms with van der Waals surface area (Å²) in [5.41, 5.74) is 7.30. The van der Waals surface area contributed by atoms with E-state index in [1.54, 1.807) is 6.26 Å². The highest BCUT2D eigenvalue weighted by atomic mass is 16.3. The van der Waals surface area contributed by atoms with Crippen LogP contribution in [0.3, 0.4) is 0 Å². The molecule has 2 aliphatic heterocycles. The van der Waals surface area contributed by atoms with Crippen LogP contribution >= 0.6 is 0 Å². The van der Waals surface area contributed by atoms with Gasteiger partial charge in [-0.05, 0) is 24.3 Å². The maximum absolute atomic E-state index is 6.02. The molecule has 2 atom stereocenters. The van der Waals surface area contributed by atoms with Gasteiger partial charge in [0.25, 0.3) is 0 Å². The Morgan fingerprint density at radius 2 is 2.21 bits per heavy atom. The molecule has 0 aromatic carbocycles. The van der Waals surface area contributed by atoms with E-state index in [2.05, 4.69) is 4.90 Å². The number of piperidine rings is 2. The van der Waals surface area contributed by atoms with Crippen molar-refractivity contribution in [2.45, 2.75) is 19.0 Å². The molecule has 3 fully saturated rings. The van der Waals surface area contributed by atoms with Gasteiger partial charge in [0.15, 0.2) is 0 Å². The minimum Gasteiger partial charge on any atom is -0.472 e. The number of rotatable bonds is 2. The second-order valence-corrected chi connectivity index (χ2v) is 4.66. The molecule has 3 heteroatoms. The molecule has 3 nitrogen and oxygen atoms in total. The molecule has 4 rings (SSSR count). The molecule has 76 valence electrons. The molecule has 0 amide bonds. The maximum Gasteiger partial charge on any atom is 0.0947 e. The van der Waals surface area contributed by atoms with Gasteiger partial charge in [0.05, 0.1) is 12.5 Å². The molecule has 1 aliphatic carbocycles. The summed E-state index contributed by atoms with van der Waals surface area (Å²) in [7, 11) is 0. The highest BCUT2D eigenvalue weighted by Gasteiger charge is 2.44. The van der Waals surface area contributed by atoms with Crippen molar-refractivity contribution in [1.82, 2.24) is 4.90 Å². The summed E-state index contributed by atoms with van der Waals surface area (Å²) in [5, 5.41) is 0. The van der Waals surface area contributed by atoms with Gasteiger partial charge in [0, 0.05) is 31.2 Å². The van der Waals surface area contributed by atoms with Crippen LogP contribution in [-0.4, -0.2) is 24.0 Å². The quantitative estimate of drug-likeness (QED) is 0.761. The summed E-state index contributed by atoms with van der Waals surface area (Å²) in [6.45, 7) is 3.36. The molecular weight excluding hydrogens is 176 g/mol. The fourth-order valence-electron chi connectivity index (χ4n) is 2.79. The highest BCUT2D eigenvalue weighted by molar-refractivity contribution is 5.07. The van der Waals surface area contributed by atoms with Crippen LogP contribution in [0.25, 0.3) is 0 Å². The molecule has 0 radical (unpaired) electrons. The van der Waals surface area contributed by atoms with Crippen LogP contribution in [0.5, 0.6) is 0 Å². The van der Waals surface area contributed by atoms with E-state index in [9.17, 15) is 0 Å². The van der Waals surface area contributed by atoms with Crippen molar-refractivity contribution < 1.29 is 4.42 Å². The first-order valence-electron chi connectivity index (χ1n) is 5.32. The van der Waals surface area contributed by atoms with Crippen LogP contribution in [0.4, 0.5) is 0 Å². The van der Waals surface area contributed by atoms with Crippen molar-refractivity contribution in [3.63, 3.8) is 0 Å². The lowest BCUT2D eigenvalue weighted by Crippen LogP contribution is -2.61. The predicted molar refractivity (Wildman–Crippen MR) is 53.6 cm³/mol. The minimum absolute atomic E-state index is 0.482. The SMILES string of the molecule is NC1C2CC1CN(Cc1ccoc1)C2. The van der Waals surface area contributed by atoms with E-state index in [-0.39, 0.29) is 0 Å². The van der Waals surface area contributed by atoms with Crippen LogP contribution in [0.15, 0.2) is 23.0 Å². The molecule has 0 spiro atoms. The molecule has 2 saturated heterocycles. The molecule has 2 N–H and O–H groups in total. The number of hydrogen-bond donors (Lipinski definition) is 1. The number of nitrogens with zero attached hydrogens (tertiary/aromatic N) is 1. The second-order valence-electron chi connectivity index (χ2n) is 4.66. The summed E-state index contributed by atoms with van der Waals surface area (Å²) in [6, 6.07) is 2.52. The zero-order valence-electron chi connectivity index (χ0n) is 8.23. The Morgan fingerprint density at radius 3 is 2.79 bits per heavy atom. The third-order valence-electron chi connectivity index (χ3n) is 3.67. The lowest BCUT2D eigenvalue weighted by molar-refractivity contribution is -0.00147. The van der Waals surface area contributed by atoms with Crippen molar-refractivity contribution in [1.29, 1.82) is 0 Å². The lowest BCUT2D eigenvalue weighted by Gasteiger charge is -2.52. The van der Waals surface area contributed by atoms with Gasteiger partial charge < -0.3 is 10.2 Å². The van der Waals surface area contributed by atoms with Crippen LogP contribution < -0.4 is 5.73 Å². The van der Waals surface area contributed by atoms with Crippen molar-refractivity contribution in [2.24, 2.45) is 17.6 Å². The van der Waals surface area contributed by atoms with Crippen LogP contribution in [0.1, 0.15) is 12.0 Å². The van der Waals surface area contributed by atoms with Crippen molar-refractivity contribution in [3.8, 4) is 0 Å². The average Bonchev–Trinajstić information content (AvgIpc) is 2.70. The fourth-order valence-corrected chi connectivity index (χ4v) is 2.79. The largest absolute Gasteiger partial charge is 0.472 e. The molecule has 14 heavy (non-hydrogen) atoms. The van der Waals surface area contributed by atoms with Crippen LogP contribution in [-0.2, 0) is 6.54 Å². The molecular formula is C11H16N2O. The summed E-state index contributed by atoms with van der Waals surface area (Å²) in [4.78, 5) is 2.49. The van der Waals surface area contributed by atoms with E-state index < -0.39 is 0 Å². The fraction of sp³-hybridized carbons (Fsp3) is 0.636. The molecule has 2 unspecified atom stereocenters. The first-order chi connectivity index (χ1) is 6.83. The number of fused-ring (bicyclic) bond motifs is 2. The minimum atomic E-state index is 0.482. The smallest absolute Gasteiger partial charge is 0.0947 e. The molecule has 1 saturated carbocycles. The van der Waals surface area contributed by atoms with E-state index in [0.717, 1.165) is 18.4 Å². The standard InChI is InChI=1S/C11H16N2O/c12-11-9-3-10(11)6-13(5-9)4-8-1-2-14-7-8/h1-2,7,9-11H,3-6,12H2. The monoisotopic (exact) mass is 192 g/mol. The molecule has 1 aromatic rings. The summed E-state index contributed by atoms with van der Waals surface area (Å²) >= 11 is 0. The third-order valence-corrected chi connectivity index (χ3v) is 3.67. The van der Waals surface area contributed by atoms with Crippen LogP contribution in [0.2, 0.25) is 0 Å². The number of hydrogen-bond acceptors (Lipinski definition) is 3. The number of furan rings is 1. The van der Waals surface area contributed by atoms with Gasteiger partial charge in [0.2, 0.25) is 0 Å². The average molecular weight is 192 g/mol. The Bertz CT molecular complexity index is 297. The molecule has 3 aliphatic rings. The lowest BCUT2D eigenvalue weighted by atomic mass is 9.67. The highest BCUT2D eigenvalue weighted by Crippen LogP contribution is 2.38. The molecule has 2 bridgehead atoms.